The number of hydrogen-bond acceptors (Lipinski definition) is 7. The van der Waals surface area contributed by atoms with E-state index in [0.717, 1.165) is 16.7 Å². The first-order valence-electron chi connectivity index (χ1n) is 11.3. The second-order valence-corrected chi connectivity index (χ2v) is 8.15. The Labute approximate surface area is 211 Å². The van der Waals surface area contributed by atoms with Gasteiger partial charge in [-0.15, -0.1) is 0 Å². The average molecular weight is 506 g/mol. The lowest BCUT2D eigenvalue weighted by molar-refractivity contribution is -0.119. The van der Waals surface area contributed by atoms with Crippen molar-refractivity contribution in [2.75, 3.05) is 19.0 Å². The van der Waals surface area contributed by atoms with Crippen LogP contribution >= 0.6 is 0 Å². The van der Waals surface area contributed by atoms with Crippen LogP contribution in [0.15, 0.2) is 60.7 Å². The molecule has 190 valence electrons. The lowest BCUT2D eigenvalue weighted by Gasteiger charge is -2.17. The minimum Gasteiger partial charge on any atom is -0.481 e. The maximum Gasteiger partial charge on any atom is 0.512 e. The van der Waals surface area contributed by atoms with Crippen molar-refractivity contribution in [1.29, 1.82) is 0 Å². The van der Waals surface area contributed by atoms with Gasteiger partial charge in [0.2, 0.25) is 5.75 Å². The number of hydrogen-bond donors (Lipinski definition) is 2. The molecule has 0 atom stereocenters. The molecule has 10 heteroatoms. The van der Waals surface area contributed by atoms with Gasteiger partial charge < -0.3 is 24.6 Å². The number of carboxylic acid groups (broad SMARTS) is 1. The molecular weight excluding hydrogens is 481 g/mol. The average Bonchev–Trinajstić information content (AvgIpc) is 2.86. The molecule has 4 aromatic rings. The Morgan fingerprint density at radius 3 is 2.43 bits per heavy atom. The number of methoxy groups -OCH3 is 1. The van der Waals surface area contributed by atoms with E-state index in [2.05, 4.69) is 15.3 Å². The molecule has 0 spiro atoms. The van der Waals surface area contributed by atoms with Gasteiger partial charge >= 0.3 is 6.16 Å². The highest BCUT2D eigenvalue weighted by molar-refractivity contribution is 6.02. The largest absolute Gasteiger partial charge is 0.512 e. The summed E-state index contributed by atoms with van der Waals surface area (Å²) in [4.78, 5) is 32.7. The summed E-state index contributed by atoms with van der Waals surface area (Å²) in [5.74, 6) is -1.15. The molecule has 0 radical (unpaired) electrons. The standard InChI is InChI=1S/C27H24FN3O6/c1-16-19(12-17-8-10-20(28)11-9-17)13-21-23(29-16)24(36-14-18-6-4-3-5-7-18)26(37-27(33)34)31-25(21)30-22(32)15-35-2/h3-11,13H,12,14-15H2,1-2H3,(H,33,34)(H,30,31,32). The monoisotopic (exact) mass is 505 g/mol. The Balaban J connectivity index is 1.85. The number of halogens is 1. The van der Waals surface area contributed by atoms with Gasteiger partial charge in [-0.25, -0.2) is 14.2 Å². The summed E-state index contributed by atoms with van der Waals surface area (Å²) >= 11 is 0. The Morgan fingerprint density at radius 1 is 1.03 bits per heavy atom. The summed E-state index contributed by atoms with van der Waals surface area (Å²) in [7, 11) is 1.37. The fourth-order valence-electron chi connectivity index (χ4n) is 3.72. The normalized spacial score (nSPS) is 10.8. The molecule has 0 bridgehead atoms. The summed E-state index contributed by atoms with van der Waals surface area (Å²) in [6.45, 7) is 1.65. The SMILES string of the molecule is COCC(=O)Nc1nc(OC(=O)O)c(OCc2ccccc2)c2nc(C)c(Cc3ccc(F)cc3)cc12. The van der Waals surface area contributed by atoms with E-state index in [4.69, 9.17) is 14.2 Å². The number of ether oxygens (including phenoxy) is 3. The van der Waals surface area contributed by atoms with Crippen LogP contribution in [0.3, 0.4) is 0 Å². The maximum absolute atomic E-state index is 13.4. The molecule has 0 aliphatic heterocycles. The first-order valence-corrected chi connectivity index (χ1v) is 11.3. The number of nitrogens with zero attached hydrogens (tertiary/aromatic N) is 2. The topological polar surface area (TPSA) is 120 Å². The van der Waals surface area contributed by atoms with Crippen molar-refractivity contribution in [2.24, 2.45) is 0 Å². The van der Waals surface area contributed by atoms with Crippen LogP contribution in [0.5, 0.6) is 11.6 Å². The van der Waals surface area contributed by atoms with Gasteiger partial charge in [0.15, 0.2) is 0 Å². The summed E-state index contributed by atoms with van der Waals surface area (Å²) < 4.78 is 29.2. The molecule has 0 unspecified atom stereocenters. The van der Waals surface area contributed by atoms with Crippen molar-refractivity contribution in [3.05, 3.63) is 88.9 Å². The second-order valence-electron chi connectivity index (χ2n) is 8.15. The van der Waals surface area contributed by atoms with Crippen molar-refractivity contribution in [2.45, 2.75) is 20.0 Å². The van der Waals surface area contributed by atoms with Crippen LogP contribution in [0.2, 0.25) is 0 Å². The molecule has 2 aromatic carbocycles. The van der Waals surface area contributed by atoms with Crippen LogP contribution in [-0.2, 0) is 22.6 Å². The molecule has 2 heterocycles. The number of nitrogens with one attached hydrogen (secondary N) is 1. The highest BCUT2D eigenvalue weighted by Gasteiger charge is 2.23. The van der Waals surface area contributed by atoms with E-state index in [-0.39, 0.29) is 42.0 Å². The molecule has 1 amide bonds. The lowest BCUT2D eigenvalue weighted by atomic mass is 10.0. The number of anilines is 1. The second kappa shape index (κ2) is 11.4. The molecule has 0 aliphatic rings. The van der Waals surface area contributed by atoms with Gasteiger partial charge in [-0.05, 0) is 48.2 Å². The first kappa shape index (κ1) is 25.5. The smallest absolute Gasteiger partial charge is 0.481 e. The molecule has 2 aromatic heterocycles. The Bertz CT molecular complexity index is 1430. The van der Waals surface area contributed by atoms with Crippen LogP contribution in [-0.4, -0.2) is 40.9 Å². The minimum atomic E-state index is -1.60. The number of pyridine rings is 2. The van der Waals surface area contributed by atoms with Crippen molar-refractivity contribution in [1.82, 2.24) is 9.97 Å². The number of benzene rings is 2. The van der Waals surface area contributed by atoms with Crippen molar-refractivity contribution in [3.8, 4) is 11.6 Å². The molecular formula is C27H24FN3O6. The van der Waals surface area contributed by atoms with Gasteiger partial charge in [0.25, 0.3) is 11.8 Å². The Morgan fingerprint density at radius 2 is 1.76 bits per heavy atom. The third-order valence-corrected chi connectivity index (χ3v) is 5.45. The van der Waals surface area contributed by atoms with E-state index in [0.29, 0.717) is 17.5 Å². The lowest BCUT2D eigenvalue weighted by Crippen LogP contribution is -2.19. The predicted octanol–water partition coefficient (Wildman–Crippen LogP) is 4.89. The highest BCUT2D eigenvalue weighted by atomic mass is 19.1. The van der Waals surface area contributed by atoms with Gasteiger partial charge in [-0.2, -0.15) is 4.98 Å². The molecule has 0 aliphatic carbocycles. The van der Waals surface area contributed by atoms with Crippen LogP contribution in [0, 0.1) is 12.7 Å². The van der Waals surface area contributed by atoms with Crippen LogP contribution < -0.4 is 14.8 Å². The summed E-state index contributed by atoms with van der Waals surface area (Å²) in [6, 6.07) is 17.2. The molecule has 0 fully saturated rings. The molecule has 0 saturated carbocycles. The molecule has 0 saturated heterocycles. The molecule has 37 heavy (non-hydrogen) atoms. The summed E-state index contributed by atoms with van der Waals surface area (Å²) in [5, 5.41) is 12.4. The van der Waals surface area contributed by atoms with Crippen LogP contribution in [0.25, 0.3) is 10.9 Å². The zero-order chi connectivity index (χ0) is 26.4. The van der Waals surface area contributed by atoms with Crippen LogP contribution in [0.1, 0.15) is 22.4 Å². The van der Waals surface area contributed by atoms with Crippen molar-refractivity contribution < 1.29 is 33.3 Å². The van der Waals surface area contributed by atoms with E-state index in [1.807, 2.05) is 30.3 Å². The fraction of sp³-hybridized carbons (Fsp3) is 0.185. The maximum atomic E-state index is 13.4. The zero-order valence-corrected chi connectivity index (χ0v) is 20.2. The number of aryl methyl sites for hydroxylation is 1. The quantitative estimate of drug-likeness (QED) is 0.309. The van der Waals surface area contributed by atoms with Gasteiger partial charge in [-0.1, -0.05) is 42.5 Å². The van der Waals surface area contributed by atoms with Gasteiger partial charge in [0.1, 0.15) is 30.4 Å². The number of rotatable bonds is 9. The minimum absolute atomic E-state index is 0.0161. The molecule has 4 rings (SSSR count). The predicted molar refractivity (Wildman–Crippen MR) is 133 cm³/mol. The Kier molecular flexibility index (Phi) is 7.89. The number of amides is 1. The number of fused-ring (bicyclic) bond motifs is 1. The Hall–Kier alpha value is -4.57. The summed E-state index contributed by atoms with van der Waals surface area (Å²) in [5.41, 5.74) is 3.37. The number of aromatic nitrogens is 2. The number of carbonyl (C=O) groups excluding carboxylic acids is 1. The van der Waals surface area contributed by atoms with Gasteiger partial charge in [0, 0.05) is 18.2 Å². The van der Waals surface area contributed by atoms with E-state index >= 15 is 0 Å². The van der Waals surface area contributed by atoms with Crippen molar-refractivity contribution >= 4 is 28.8 Å². The zero-order valence-electron chi connectivity index (χ0n) is 20.2. The van der Waals surface area contributed by atoms with E-state index in [1.54, 1.807) is 25.1 Å². The number of carbonyl (C=O) groups is 2. The molecule has 2 N–H and O–H groups in total. The van der Waals surface area contributed by atoms with E-state index in [9.17, 15) is 19.1 Å². The third kappa shape index (κ3) is 6.36. The van der Waals surface area contributed by atoms with Gasteiger partial charge in [-0.3, -0.25) is 4.79 Å². The summed E-state index contributed by atoms with van der Waals surface area (Å²) in [6.07, 6.45) is -1.16. The first-order chi connectivity index (χ1) is 17.8. The van der Waals surface area contributed by atoms with E-state index < -0.39 is 12.1 Å². The van der Waals surface area contributed by atoms with E-state index in [1.165, 1.54) is 19.2 Å². The van der Waals surface area contributed by atoms with Crippen molar-refractivity contribution in [3.63, 3.8) is 0 Å². The molecule has 9 nitrogen and oxygen atoms in total. The fourth-order valence-corrected chi connectivity index (χ4v) is 3.72. The van der Waals surface area contributed by atoms with Crippen LogP contribution in [0.4, 0.5) is 15.0 Å². The third-order valence-electron chi connectivity index (χ3n) is 5.45. The highest BCUT2D eigenvalue weighted by Crippen LogP contribution is 2.38. The van der Waals surface area contributed by atoms with Gasteiger partial charge in [0.05, 0.1) is 0 Å².